The van der Waals surface area contributed by atoms with E-state index in [1.165, 1.54) is 12.7 Å². The highest BCUT2D eigenvalue weighted by atomic mass is 28.4. The molecule has 5 aliphatic rings. The van der Waals surface area contributed by atoms with Crippen LogP contribution in [0.15, 0.2) is 12.2 Å². The van der Waals surface area contributed by atoms with E-state index in [0.717, 1.165) is 25.7 Å². The van der Waals surface area contributed by atoms with Gasteiger partial charge in [0.15, 0.2) is 16.6 Å². The topological polar surface area (TPSA) is 71.1 Å². The number of carbonyl (C=O) groups is 2. The molecule has 8 heteroatoms. The highest BCUT2D eigenvalue weighted by Gasteiger charge is 2.85. The fourth-order valence-corrected chi connectivity index (χ4v) is 11.2. The van der Waals surface area contributed by atoms with Gasteiger partial charge in [0.25, 0.3) is 0 Å². The van der Waals surface area contributed by atoms with Gasteiger partial charge < -0.3 is 18.3 Å². The van der Waals surface area contributed by atoms with Crippen molar-refractivity contribution in [2.75, 3.05) is 7.11 Å². The summed E-state index contributed by atoms with van der Waals surface area (Å²) in [6.07, 6.45) is 3.74. The van der Waals surface area contributed by atoms with Crippen LogP contribution < -0.4 is 0 Å². The largest absolute Gasteiger partial charge is 0.469 e. The van der Waals surface area contributed by atoms with Gasteiger partial charge in [-0.2, -0.15) is 0 Å². The molecule has 0 aromatic rings. The van der Waals surface area contributed by atoms with Crippen LogP contribution >= 0.6 is 0 Å². The van der Waals surface area contributed by atoms with Crippen molar-refractivity contribution in [2.45, 2.75) is 96.1 Å². The Morgan fingerprint density at radius 3 is 2.29 bits per heavy atom. The summed E-state index contributed by atoms with van der Waals surface area (Å²) in [4.78, 5) is 27.5. The number of fused-ring (bicyclic) bond motifs is 1. The van der Waals surface area contributed by atoms with E-state index >= 15 is 0 Å². The van der Waals surface area contributed by atoms with Gasteiger partial charge in [0.2, 0.25) is 0 Å². The molecule has 0 radical (unpaired) electrons. The lowest BCUT2D eigenvalue weighted by molar-refractivity contribution is -0.164. The number of hydrogen-bond acceptors (Lipinski definition) is 6. The lowest BCUT2D eigenvalue weighted by Gasteiger charge is -2.51. The maximum atomic E-state index is 13.9. The Kier molecular flexibility index (Phi) is 5.30. The molecule has 0 N–H and O–H groups in total. The third-order valence-electron chi connectivity index (χ3n) is 9.58. The quantitative estimate of drug-likeness (QED) is 0.300. The number of allylic oxidation sites excluding steroid dienone is 1. The predicted octanol–water partition coefficient (Wildman–Crippen LogP) is 4.91. The molecule has 9 atom stereocenters. The summed E-state index contributed by atoms with van der Waals surface area (Å²) in [6, 6.07) is 0. The first-order valence-electron chi connectivity index (χ1n) is 12.9. The van der Waals surface area contributed by atoms with E-state index in [9.17, 15) is 9.59 Å². The van der Waals surface area contributed by atoms with Crippen LogP contribution in [0.3, 0.4) is 0 Å². The van der Waals surface area contributed by atoms with Crippen LogP contribution in [0, 0.1) is 34.5 Å². The number of esters is 2. The van der Waals surface area contributed by atoms with Crippen molar-refractivity contribution in [3.05, 3.63) is 12.2 Å². The minimum absolute atomic E-state index is 0.121. The molecular formula is C26H42O6Si2. The normalized spacial score (nSPS) is 47.3. The summed E-state index contributed by atoms with van der Waals surface area (Å²) in [5.41, 5.74) is -0.655. The molecule has 4 bridgehead atoms. The van der Waals surface area contributed by atoms with Crippen LogP contribution in [0.1, 0.15) is 39.0 Å². The summed E-state index contributed by atoms with van der Waals surface area (Å²) >= 11 is 0. The van der Waals surface area contributed by atoms with Gasteiger partial charge in [-0.15, -0.1) is 0 Å². The molecule has 4 aliphatic carbocycles. The average molecular weight is 507 g/mol. The Hall–Kier alpha value is -0.966. The van der Waals surface area contributed by atoms with E-state index in [4.69, 9.17) is 18.3 Å². The number of carbonyl (C=O) groups excluding carboxylic acids is 2. The highest BCUT2D eigenvalue weighted by molar-refractivity contribution is 6.70. The smallest absolute Gasteiger partial charge is 0.315 e. The lowest BCUT2D eigenvalue weighted by Crippen LogP contribution is -2.63. The van der Waals surface area contributed by atoms with Crippen molar-refractivity contribution in [3.8, 4) is 0 Å². The molecule has 1 spiro atoms. The van der Waals surface area contributed by atoms with Gasteiger partial charge >= 0.3 is 11.9 Å². The zero-order valence-electron chi connectivity index (χ0n) is 22.2. The highest BCUT2D eigenvalue weighted by Crippen LogP contribution is 2.78. The number of rotatable bonds is 5. The first-order valence-corrected chi connectivity index (χ1v) is 19.8. The third-order valence-corrected chi connectivity index (χ3v) is 11.6. The summed E-state index contributed by atoms with van der Waals surface area (Å²) in [5.74, 6) is -0.502. The fraction of sp³-hybridized carbons (Fsp3) is 0.846. The molecule has 0 aromatic carbocycles. The van der Waals surface area contributed by atoms with Gasteiger partial charge in [0.1, 0.15) is 5.60 Å². The fourth-order valence-electron chi connectivity index (χ4n) is 8.93. The molecule has 6 nitrogen and oxygen atoms in total. The van der Waals surface area contributed by atoms with Gasteiger partial charge in [-0.25, -0.2) is 0 Å². The summed E-state index contributed by atoms with van der Waals surface area (Å²) in [7, 11) is -2.53. The monoisotopic (exact) mass is 506 g/mol. The molecule has 34 heavy (non-hydrogen) atoms. The van der Waals surface area contributed by atoms with Crippen molar-refractivity contribution < 1.29 is 27.9 Å². The van der Waals surface area contributed by atoms with Gasteiger partial charge in [-0.3, -0.25) is 9.59 Å². The van der Waals surface area contributed by atoms with E-state index in [-0.39, 0.29) is 41.2 Å². The van der Waals surface area contributed by atoms with E-state index in [2.05, 4.69) is 45.9 Å². The second-order valence-corrected chi connectivity index (χ2v) is 22.7. The van der Waals surface area contributed by atoms with E-state index in [1.54, 1.807) is 0 Å². The summed E-state index contributed by atoms with van der Waals surface area (Å²) in [6.45, 7) is 19.4. The third kappa shape index (κ3) is 3.17. The SMILES string of the molecule is C=C1C[C@]23CC1CC[C@H]2[C@@]12C[C@H](O[Si](C)(C)C)[C@H](O[Si](C)(C)C)C(C)(C(=O)O1)[C@H]2[C@@H]3C(=O)OC. The Balaban J connectivity index is 1.71. The van der Waals surface area contributed by atoms with Crippen molar-refractivity contribution in [3.63, 3.8) is 0 Å². The number of hydrogen-bond donors (Lipinski definition) is 0. The second kappa shape index (κ2) is 7.29. The average Bonchev–Trinajstić information content (AvgIpc) is 3.15. The maximum absolute atomic E-state index is 13.9. The molecule has 5 rings (SSSR count). The molecular weight excluding hydrogens is 464 g/mol. The van der Waals surface area contributed by atoms with Crippen LogP contribution in [-0.2, 0) is 27.9 Å². The van der Waals surface area contributed by atoms with Gasteiger partial charge in [-0.05, 0) is 83.2 Å². The molecule has 1 heterocycles. The number of methoxy groups -OCH3 is 1. The van der Waals surface area contributed by atoms with Crippen LogP contribution in [0.25, 0.3) is 0 Å². The van der Waals surface area contributed by atoms with Crippen molar-refractivity contribution in [2.24, 2.45) is 34.5 Å². The van der Waals surface area contributed by atoms with E-state index < -0.39 is 33.8 Å². The van der Waals surface area contributed by atoms with Crippen LogP contribution in [0.2, 0.25) is 39.3 Å². The minimum atomic E-state index is -2.05. The Labute approximate surface area is 206 Å². The zero-order chi connectivity index (χ0) is 25.1. The molecule has 190 valence electrons. The van der Waals surface area contributed by atoms with Gasteiger partial charge in [-0.1, -0.05) is 12.2 Å². The minimum Gasteiger partial charge on any atom is -0.469 e. The van der Waals surface area contributed by atoms with Crippen LogP contribution in [-0.4, -0.2) is 53.5 Å². The van der Waals surface area contributed by atoms with Gasteiger partial charge in [0.05, 0.1) is 30.7 Å². The summed E-state index contributed by atoms with van der Waals surface area (Å²) < 4.78 is 25.7. The molecule has 1 saturated heterocycles. The van der Waals surface area contributed by atoms with Gasteiger partial charge in [0, 0.05) is 18.3 Å². The first-order chi connectivity index (χ1) is 15.6. The van der Waals surface area contributed by atoms with E-state index in [0.29, 0.717) is 12.3 Å². The van der Waals surface area contributed by atoms with Crippen molar-refractivity contribution in [1.82, 2.24) is 0 Å². The second-order valence-electron chi connectivity index (χ2n) is 13.8. The Bertz CT molecular complexity index is 937. The van der Waals surface area contributed by atoms with Crippen molar-refractivity contribution >= 4 is 28.6 Å². The Morgan fingerprint density at radius 2 is 1.71 bits per heavy atom. The first kappa shape index (κ1) is 24.7. The molecule has 0 amide bonds. The lowest BCUT2D eigenvalue weighted by atomic mass is 9.58. The molecule has 2 unspecified atom stereocenters. The van der Waals surface area contributed by atoms with Crippen molar-refractivity contribution in [1.29, 1.82) is 0 Å². The standard InChI is InChI=1S/C26H42O6Si2/c1-15-12-25-13-16(15)10-11-18(25)26-14-17(31-33(4,5)6)21(32-34(7,8)9)24(2,23(28)30-26)20(26)19(25)22(27)29-3/h16-21H,1,10-14H2,2-9H3/t16?,17-,18+,19+,20+,21-,24?,25-,26+/m0/s1. The number of ether oxygens (including phenoxy) is 2. The predicted molar refractivity (Wildman–Crippen MR) is 134 cm³/mol. The summed E-state index contributed by atoms with van der Waals surface area (Å²) in [5, 5.41) is 0. The zero-order valence-corrected chi connectivity index (χ0v) is 24.2. The van der Waals surface area contributed by atoms with E-state index in [1.807, 2.05) is 6.92 Å². The molecule has 5 fully saturated rings. The molecule has 0 aromatic heterocycles. The maximum Gasteiger partial charge on any atom is 0.315 e. The molecule has 1 aliphatic heterocycles. The Morgan fingerprint density at radius 1 is 1.06 bits per heavy atom. The molecule has 4 saturated carbocycles. The van der Waals surface area contributed by atoms with Crippen LogP contribution in [0.5, 0.6) is 0 Å². The van der Waals surface area contributed by atoms with Crippen LogP contribution in [0.4, 0.5) is 0 Å².